The van der Waals surface area contributed by atoms with E-state index < -0.39 is 29.1 Å². The van der Waals surface area contributed by atoms with Crippen molar-refractivity contribution in [3.05, 3.63) is 23.3 Å². The van der Waals surface area contributed by atoms with E-state index in [0.717, 1.165) is 12.0 Å². The molecule has 2 bridgehead atoms. The zero-order valence-corrected chi connectivity index (χ0v) is 15.4. The van der Waals surface area contributed by atoms with Gasteiger partial charge in [0.1, 0.15) is 11.7 Å². The topological polar surface area (TPSA) is 104 Å². The smallest absolute Gasteiger partial charge is 0.153 e. The maximum absolute atomic E-state index is 13.8. The molecule has 4 aliphatic carbocycles. The highest BCUT2D eigenvalue weighted by Gasteiger charge is 2.75. The van der Waals surface area contributed by atoms with Crippen molar-refractivity contribution in [2.45, 2.75) is 51.9 Å². The SMILES string of the molecule is CC1=CC23C(=O)C(C=C(CO)C(O)C2(O)C1N)[C@H]1C(C[C@H]3C)C1(C)C. The van der Waals surface area contributed by atoms with Crippen LogP contribution in [0.3, 0.4) is 0 Å². The summed E-state index contributed by atoms with van der Waals surface area (Å²) in [4.78, 5) is 13.8. The summed E-state index contributed by atoms with van der Waals surface area (Å²) in [6.45, 7) is 7.78. The molecule has 1 spiro atoms. The molecule has 0 aliphatic heterocycles. The highest BCUT2D eigenvalue weighted by atomic mass is 16.3. The first kappa shape index (κ1) is 17.4. The van der Waals surface area contributed by atoms with E-state index in [1.54, 1.807) is 6.08 Å². The Bertz CT molecular complexity index is 710. The molecule has 0 heterocycles. The van der Waals surface area contributed by atoms with Crippen LogP contribution in [-0.4, -0.2) is 45.5 Å². The lowest BCUT2D eigenvalue weighted by atomic mass is 9.58. The lowest BCUT2D eigenvalue weighted by molar-refractivity contribution is -0.168. The van der Waals surface area contributed by atoms with Crippen LogP contribution in [0.2, 0.25) is 0 Å². The second-order valence-corrected chi connectivity index (χ2v) is 9.34. The van der Waals surface area contributed by atoms with Gasteiger partial charge in [0, 0.05) is 5.92 Å². The van der Waals surface area contributed by atoms with Crippen LogP contribution in [0.25, 0.3) is 0 Å². The molecule has 0 aromatic carbocycles. The Balaban J connectivity index is 1.99. The molecule has 138 valence electrons. The molecule has 5 N–H and O–H groups in total. The quantitative estimate of drug-likeness (QED) is 0.525. The van der Waals surface area contributed by atoms with Crippen LogP contribution in [0.1, 0.15) is 34.1 Å². The summed E-state index contributed by atoms with van der Waals surface area (Å²) in [5.74, 6) is 0.00913. The number of rotatable bonds is 1. The molecule has 0 aromatic heterocycles. The number of Topliss-reactive ketones (excluding diaryl/α,β-unsaturated/α-hetero) is 1. The molecule has 8 atom stereocenters. The van der Waals surface area contributed by atoms with E-state index in [2.05, 4.69) is 13.8 Å². The van der Waals surface area contributed by atoms with E-state index in [0.29, 0.717) is 11.5 Å². The molecule has 4 aliphatic rings. The first-order valence-electron chi connectivity index (χ1n) is 9.26. The average Bonchev–Trinajstić information content (AvgIpc) is 3.05. The Morgan fingerprint density at radius 3 is 2.60 bits per heavy atom. The molecule has 5 heteroatoms. The minimum atomic E-state index is -1.81. The molecule has 5 nitrogen and oxygen atoms in total. The van der Waals surface area contributed by atoms with Crippen molar-refractivity contribution in [1.29, 1.82) is 0 Å². The molecule has 6 unspecified atom stereocenters. The first-order valence-corrected chi connectivity index (χ1v) is 9.26. The molecule has 2 saturated carbocycles. The molecule has 25 heavy (non-hydrogen) atoms. The van der Waals surface area contributed by atoms with Gasteiger partial charge in [-0.3, -0.25) is 4.79 Å². The third-order valence-electron chi connectivity index (χ3n) is 8.05. The monoisotopic (exact) mass is 347 g/mol. The zero-order valence-electron chi connectivity index (χ0n) is 15.4. The molecule has 2 fully saturated rings. The minimum Gasteiger partial charge on any atom is -0.392 e. The van der Waals surface area contributed by atoms with Gasteiger partial charge >= 0.3 is 0 Å². The zero-order chi connectivity index (χ0) is 18.5. The van der Waals surface area contributed by atoms with Gasteiger partial charge in [-0.25, -0.2) is 0 Å². The van der Waals surface area contributed by atoms with E-state index >= 15 is 0 Å². The van der Waals surface area contributed by atoms with Crippen LogP contribution in [-0.2, 0) is 4.79 Å². The summed E-state index contributed by atoms with van der Waals surface area (Å²) < 4.78 is 0. The van der Waals surface area contributed by atoms with Gasteiger partial charge in [-0.05, 0) is 42.1 Å². The van der Waals surface area contributed by atoms with Crippen LogP contribution in [0, 0.1) is 34.5 Å². The van der Waals surface area contributed by atoms with Crippen LogP contribution >= 0.6 is 0 Å². The number of nitrogens with two attached hydrogens (primary N) is 1. The van der Waals surface area contributed by atoms with E-state index in [-0.39, 0.29) is 29.6 Å². The third-order valence-corrected chi connectivity index (χ3v) is 8.05. The summed E-state index contributed by atoms with van der Waals surface area (Å²) in [5, 5.41) is 32.6. The Morgan fingerprint density at radius 2 is 2.00 bits per heavy atom. The Hall–Kier alpha value is -1.01. The predicted molar refractivity (Wildman–Crippen MR) is 93.3 cm³/mol. The first-order chi connectivity index (χ1) is 11.5. The largest absolute Gasteiger partial charge is 0.392 e. The standard InChI is InChI=1S/C20H29NO4/c1-9-7-19-10(2)5-13-14(18(13,3)4)12(17(19)24)6-11(8-22)16(23)20(19,25)15(9)21/h6-7,10,12-16,22-23,25H,5,8,21H2,1-4H3/t10-,12?,13?,14+,15?,16?,19?,20?/m1/s1. The molecule has 0 amide bonds. The lowest BCUT2D eigenvalue weighted by Crippen LogP contribution is -2.67. The van der Waals surface area contributed by atoms with Gasteiger partial charge in [0.05, 0.1) is 18.1 Å². The summed E-state index contributed by atoms with van der Waals surface area (Å²) in [6, 6.07) is -0.829. The number of hydrogen-bond donors (Lipinski definition) is 4. The van der Waals surface area contributed by atoms with Gasteiger partial charge in [0.25, 0.3) is 0 Å². The Morgan fingerprint density at radius 1 is 1.36 bits per heavy atom. The van der Waals surface area contributed by atoms with Gasteiger partial charge in [-0.15, -0.1) is 0 Å². The minimum absolute atomic E-state index is 0.0459. The Kier molecular flexibility index (Phi) is 3.36. The molecule has 0 aromatic rings. The van der Waals surface area contributed by atoms with Crippen LogP contribution in [0.5, 0.6) is 0 Å². The number of allylic oxidation sites excluding steroid dienone is 1. The normalized spacial score (nSPS) is 53.2. The number of carbonyl (C=O) groups is 1. The fraction of sp³-hybridized carbons (Fsp3) is 0.750. The highest BCUT2D eigenvalue weighted by Crippen LogP contribution is 2.71. The summed E-state index contributed by atoms with van der Waals surface area (Å²) in [7, 11) is 0. The second-order valence-electron chi connectivity index (χ2n) is 9.34. The van der Waals surface area contributed by atoms with Crippen LogP contribution < -0.4 is 5.73 Å². The van der Waals surface area contributed by atoms with E-state index in [4.69, 9.17) is 5.73 Å². The molecular weight excluding hydrogens is 318 g/mol. The number of ketones is 1. The lowest BCUT2D eigenvalue weighted by Gasteiger charge is -2.48. The summed E-state index contributed by atoms with van der Waals surface area (Å²) >= 11 is 0. The average molecular weight is 347 g/mol. The fourth-order valence-corrected chi connectivity index (χ4v) is 6.49. The molecular formula is C20H29NO4. The van der Waals surface area contributed by atoms with Crippen LogP contribution in [0.15, 0.2) is 23.3 Å². The van der Waals surface area contributed by atoms with E-state index in [9.17, 15) is 20.1 Å². The maximum atomic E-state index is 13.8. The Labute approximate surface area is 148 Å². The molecule has 0 saturated heterocycles. The van der Waals surface area contributed by atoms with Crippen molar-refractivity contribution in [2.75, 3.05) is 6.61 Å². The molecule has 4 rings (SSSR count). The van der Waals surface area contributed by atoms with Crippen molar-refractivity contribution in [2.24, 2.45) is 40.2 Å². The summed E-state index contributed by atoms with van der Waals surface area (Å²) in [5.41, 5.74) is 4.41. The highest BCUT2D eigenvalue weighted by molar-refractivity contribution is 5.95. The van der Waals surface area contributed by atoms with Gasteiger partial charge in [-0.1, -0.05) is 38.5 Å². The van der Waals surface area contributed by atoms with Gasteiger partial charge in [0.15, 0.2) is 5.78 Å². The maximum Gasteiger partial charge on any atom is 0.153 e. The number of fused-ring (bicyclic) bond motifs is 3. The van der Waals surface area contributed by atoms with Crippen molar-refractivity contribution in [3.63, 3.8) is 0 Å². The number of aliphatic hydroxyl groups is 3. The number of aliphatic hydroxyl groups excluding tert-OH is 2. The summed E-state index contributed by atoms with van der Waals surface area (Å²) in [6.07, 6.45) is 3.03. The van der Waals surface area contributed by atoms with Gasteiger partial charge in [-0.2, -0.15) is 0 Å². The number of hydrogen-bond acceptors (Lipinski definition) is 5. The van der Waals surface area contributed by atoms with Crippen molar-refractivity contribution in [3.8, 4) is 0 Å². The van der Waals surface area contributed by atoms with E-state index in [1.165, 1.54) is 0 Å². The predicted octanol–water partition coefficient (Wildman–Crippen LogP) is 0.782. The second kappa shape index (κ2) is 4.83. The molecule has 0 radical (unpaired) electrons. The third kappa shape index (κ3) is 1.71. The van der Waals surface area contributed by atoms with Crippen molar-refractivity contribution in [1.82, 2.24) is 0 Å². The van der Waals surface area contributed by atoms with Gasteiger partial charge in [0.2, 0.25) is 0 Å². The van der Waals surface area contributed by atoms with Crippen molar-refractivity contribution < 1.29 is 20.1 Å². The van der Waals surface area contributed by atoms with E-state index in [1.807, 2.05) is 19.9 Å². The van der Waals surface area contributed by atoms with Gasteiger partial charge < -0.3 is 21.1 Å². The van der Waals surface area contributed by atoms with Crippen LogP contribution in [0.4, 0.5) is 0 Å². The van der Waals surface area contributed by atoms with Crippen molar-refractivity contribution >= 4 is 5.78 Å². The number of carbonyl (C=O) groups excluding carboxylic acids is 1. The fourth-order valence-electron chi connectivity index (χ4n) is 6.49.